The van der Waals surface area contributed by atoms with Crippen LogP contribution in [0.15, 0.2) is 110 Å². The van der Waals surface area contributed by atoms with Gasteiger partial charge in [0, 0.05) is 70.6 Å². The molecule has 0 saturated heterocycles. The zero-order chi connectivity index (χ0) is 39.4. The van der Waals surface area contributed by atoms with E-state index in [4.69, 9.17) is 0 Å². The Morgan fingerprint density at radius 3 is 0.764 bits per heavy atom. The van der Waals surface area contributed by atoms with Crippen molar-refractivity contribution < 1.29 is 78.9 Å². The van der Waals surface area contributed by atoms with Gasteiger partial charge in [0.25, 0.3) is 0 Å². The molecule has 272 valence electrons. The number of nitrogens with zero attached hydrogens (tertiary/aromatic N) is 6. The third kappa shape index (κ3) is 10.2. The predicted molar refractivity (Wildman–Crippen MR) is 168 cm³/mol. The summed E-state index contributed by atoms with van der Waals surface area (Å²) in [5, 5.41) is 65.7. The fourth-order valence-electron chi connectivity index (χ4n) is 4.61. The largest absolute Gasteiger partial charge is 6.00 e. The number of carboxylic acid groups (broad SMARTS) is 6. The molecule has 6 aromatic heterocycles. The van der Waals surface area contributed by atoms with E-state index in [1.54, 1.807) is 36.4 Å². The summed E-state index contributed by atoms with van der Waals surface area (Å²) in [6, 6.07) is 17.5. The summed E-state index contributed by atoms with van der Waals surface area (Å²) in [5.41, 5.74) is -2.46. The molecule has 0 atom stereocenters. The molecule has 0 N–H and O–H groups in total. The number of carbonyl (C=O) groups is 6. The van der Waals surface area contributed by atoms with Gasteiger partial charge in [-0.3, -0.25) is 29.9 Å². The van der Waals surface area contributed by atoms with Crippen LogP contribution in [0.1, 0.15) is 62.1 Å². The van der Waals surface area contributed by atoms with Crippen LogP contribution in [0.25, 0.3) is 34.2 Å². The van der Waals surface area contributed by atoms with E-state index < -0.39 is 69.2 Å². The van der Waals surface area contributed by atoms with E-state index in [1.807, 2.05) is 0 Å². The first-order valence-corrected chi connectivity index (χ1v) is 14.8. The van der Waals surface area contributed by atoms with Gasteiger partial charge in [-0.1, -0.05) is 18.2 Å². The van der Waals surface area contributed by atoms with E-state index >= 15 is 0 Å². The van der Waals surface area contributed by atoms with Gasteiger partial charge in [0.1, 0.15) is 0 Å². The van der Waals surface area contributed by atoms with Crippen molar-refractivity contribution in [1.82, 2.24) is 29.9 Å². The first kappa shape index (κ1) is 41.8. The molecule has 0 bridgehead atoms. The van der Waals surface area contributed by atoms with E-state index in [-0.39, 0.29) is 53.6 Å². The maximum absolute atomic E-state index is 11.1. The van der Waals surface area contributed by atoms with Crippen LogP contribution < -0.4 is 30.6 Å². The van der Waals surface area contributed by atoms with Gasteiger partial charge in [0.2, 0.25) is 0 Å². The van der Waals surface area contributed by atoms with Gasteiger partial charge in [-0.05, 0) is 54.6 Å². The minimum absolute atomic E-state index is 0. The Labute approximate surface area is 321 Å². The quantitative estimate of drug-likeness (QED) is 0.128. The maximum atomic E-state index is 11.1. The summed E-state index contributed by atoms with van der Waals surface area (Å²) in [6.07, 6.45) is 7.88. The van der Waals surface area contributed by atoms with Crippen molar-refractivity contribution >= 4 is 35.8 Å². The number of carboxylic acids is 6. The van der Waals surface area contributed by atoms with E-state index in [0.717, 1.165) is 18.2 Å². The molecule has 0 unspecified atom stereocenters. The summed E-state index contributed by atoms with van der Waals surface area (Å²) in [7, 11) is 0. The number of hydrogen-bond donors (Lipinski definition) is 0. The number of carbonyl (C=O) groups excluding carboxylic acids is 6. The fourth-order valence-corrected chi connectivity index (χ4v) is 4.61. The average molecular weight is 828 g/mol. The van der Waals surface area contributed by atoms with Crippen LogP contribution in [0, 0.1) is 0 Å². The van der Waals surface area contributed by atoms with Gasteiger partial charge in [-0.2, -0.15) is 0 Å². The SMILES string of the molecule is O=C([O-])c1ccnc(-c2ccccn2)c1C(=O)[O-].O=C([O-])c1ccnc(-c2ccccn2)c1C(=O)[O-].O=C([O-])c1ccnc(-c2ccccn2)c1C(=O)[O-].[Ru+6]. The Morgan fingerprint density at radius 1 is 0.327 bits per heavy atom. The van der Waals surface area contributed by atoms with Gasteiger partial charge in [0.05, 0.1) is 70.0 Å². The van der Waals surface area contributed by atoms with Gasteiger partial charge in [0.15, 0.2) is 0 Å². The molecule has 0 fully saturated rings. The predicted octanol–water partition coefficient (Wildman–Crippen LogP) is -3.39. The second-order valence-electron chi connectivity index (χ2n) is 10.1. The van der Waals surface area contributed by atoms with Gasteiger partial charge < -0.3 is 59.4 Å². The topological polar surface area (TPSA) is 318 Å². The van der Waals surface area contributed by atoms with Crippen LogP contribution in [0.2, 0.25) is 0 Å². The van der Waals surface area contributed by atoms with Crippen LogP contribution in [-0.4, -0.2) is 65.7 Å². The summed E-state index contributed by atoms with van der Waals surface area (Å²) >= 11 is 0. The molecule has 55 heavy (non-hydrogen) atoms. The Kier molecular flexibility index (Phi) is 14.6. The molecular formula is C36H18N6O12Ru. The Morgan fingerprint density at radius 2 is 0.582 bits per heavy atom. The second kappa shape index (κ2) is 19.3. The van der Waals surface area contributed by atoms with Crippen LogP contribution in [0.4, 0.5) is 0 Å². The molecule has 0 aromatic carbocycles. The molecule has 0 saturated carbocycles. The van der Waals surface area contributed by atoms with Crippen LogP contribution in [0.3, 0.4) is 0 Å². The van der Waals surface area contributed by atoms with E-state index in [2.05, 4.69) is 29.9 Å². The smallest absolute Gasteiger partial charge is 0.545 e. The number of aromatic carboxylic acids is 6. The number of hydrogen-bond acceptors (Lipinski definition) is 18. The first-order chi connectivity index (χ1) is 25.8. The van der Waals surface area contributed by atoms with Crippen LogP contribution in [-0.2, 0) is 19.5 Å². The number of rotatable bonds is 9. The third-order valence-corrected chi connectivity index (χ3v) is 6.85. The molecule has 0 amide bonds. The molecule has 18 nitrogen and oxygen atoms in total. The van der Waals surface area contributed by atoms with Crippen molar-refractivity contribution in [2.75, 3.05) is 0 Å². The molecule has 19 heteroatoms. The van der Waals surface area contributed by atoms with E-state index in [0.29, 0.717) is 0 Å². The summed E-state index contributed by atoms with van der Waals surface area (Å²) in [5.74, 6) is -9.72. The molecule has 0 radical (unpaired) electrons. The maximum Gasteiger partial charge on any atom is 6.00 e. The molecule has 0 aliphatic carbocycles. The van der Waals surface area contributed by atoms with E-state index in [1.165, 1.54) is 55.4 Å². The minimum Gasteiger partial charge on any atom is -0.545 e. The summed E-state index contributed by atoms with van der Waals surface area (Å²) < 4.78 is 0. The van der Waals surface area contributed by atoms with Crippen molar-refractivity contribution in [3.05, 3.63) is 143 Å². The van der Waals surface area contributed by atoms with Crippen molar-refractivity contribution in [2.45, 2.75) is 0 Å². The van der Waals surface area contributed by atoms with Gasteiger partial charge >= 0.3 is 19.5 Å². The molecule has 0 spiro atoms. The van der Waals surface area contributed by atoms with Crippen LogP contribution in [0.5, 0.6) is 0 Å². The minimum atomic E-state index is -1.64. The molecule has 0 aliphatic heterocycles. The molecule has 0 aliphatic rings. The van der Waals surface area contributed by atoms with Crippen molar-refractivity contribution in [2.24, 2.45) is 0 Å². The van der Waals surface area contributed by atoms with Gasteiger partial charge in [-0.15, -0.1) is 0 Å². The molecule has 6 aromatic rings. The summed E-state index contributed by atoms with van der Waals surface area (Å²) in [6.45, 7) is 0. The second-order valence-corrected chi connectivity index (χ2v) is 10.1. The Balaban J connectivity index is 0.000000220. The zero-order valence-electron chi connectivity index (χ0n) is 27.3. The molecule has 6 rings (SSSR count). The molecular weight excluding hydrogens is 809 g/mol. The van der Waals surface area contributed by atoms with Crippen LogP contribution >= 0.6 is 0 Å². The van der Waals surface area contributed by atoms with Gasteiger partial charge in [-0.25, -0.2) is 0 Å². The van der Waals surface area contributed by atoms with E-state index in [9.17, 15) is 59.4 Å². The monoisotopic (exact) mass is 828 g/mol. The number of pyridine rings is 6. The van der Waals surface area contributed by atoms with Crippen molar-refractivity contribution in [3.8, 4) is 34.2 Å². The number of aromatic nitrogens is 6. The fraction of sp³-hybridized carbons (Fsp3) is 0. The van der Waals surface area contributed by atoms with Crippen molar-refractivity contribution in [3.63, 3.8) is 0 Å². The molecule has 6 heterocycles. The average Bonchev–Trinajstić information content (AvgIpc) is 3.18. The normalized spacial score (nSPS) is 9.82. The Bertz CT molecular complexity index is 2100. The third-order valence-electron chi connectivity index (χ3n) is 6.85. The summed E-state index contributed by atoms with van der Waals surface area (Å²) in [4.78, 5) is 89.0. The Hall–Kier alpha value is -7.66. The standard InChI is InChI=1S/3C12H8N2O4.Ru/c3*15-11(16)7-4-6-14-10(9(7)12(17)18)8-3-1-2-5-13-8;/h3*1-6H,(H,15,16)(H,17,18);/q;;;+6/p-6. The van der Waals surface area contributed by atoms with Crippen molar-refractivity contribution in [1.29, 1.82) is 0 Å². The first-order valence-electron chi connectivity index (χ1n) is 14.8. The zero-order valence-corrected chi connectivity index (χ0v) is 29.1.